The van der Waals surface area contributed by atoms with Crippen LogP contribution in [0.4, 0.5) is 4.39 Å². The summed E-state index contributed by atoms with van der Waals surface area (Å²) in [6.45, 7) is 9.44. The number of carbonyl (C=O) groups is 1. The zero-order valence-corrected chi connectivity index (χ0v) is 25.4. The number of benzene rings is 2. The highest BCUT2D eigenvalue weighted by atomic mass is 19.1. The largest absolute Gasteiger partial charge is 0.356 e. The lowest BCUT2D eigenvalue weighted by Gasteiger charge is -2.36. The molecular weight excluding hydrogens is 549 g/mol. The number of carbonyl (C=O) groups excluding carboxylic acids is 1. The zero-order chi connectivity index (χ0) is 30.8. The van der Waals surface area contributed by atoms with Crippen LogP contribution in [0.2, 0.25) is 0 Å². The fourth-order valence-electron chi connectivity index (χ4n) is 6.62. The quantitative estimate of drug-likeness (QED) is 0.0812. The number of aliphatic imine (C=N–C) groups is 1. The predicted octanol–water partition coefficient (Wildman–Crippen LogP) is 5.75. The lowest BCUT2D eigenvalue weighted by atomic mass is 9.82. The molecular formula is C33H40FN5O4. The first-order chi connectivity index (χ1) is 20.6. The molecule has 1 amide bonds. The minimum absolute atomic E-state index is 0.00494. The summed E-state index contributed by atoms with van der Waals surface area (Å²) in [7, 11) is 1.73. The molecule has 2 aromatic carbocycles. The molecule has 43 heavy (non-hydrogen) atoms. The first kappa shape index (κ1) is 30.9. The molecule has 3 aromatic rings. The second-order valence-electron chi connectivity index (χ2n) is 12.4. The van der Waals surface area contributed by atoms with Crippen LogP contribution in [0.3, 0.4) is 0 Å². The molecule has 3 N–H and O–H groups in total. The molecule has 1 saturated heterocycles. The molecule has 4 unspecified atom stereocenters. The first-order valence-corrected chi connectivity index (χ1v) is 14.7. The molecule has 2 aliphatic rings. The Kier molecular flexibility index (Phi) is 8.78. The lowest BCUT2D eigenvalue weighted by molar-refractivity contribution is -0.291. The number of rotatable bonds is 12. The first-order valence-electron chi connectivity index (χ1n) is 14.7. The van der Waals surface area contributed by atoms with Crippen LogP contribution in [-0.2, 0) is 9.73 Å². The van der Waals surface area contributed by atoms with Gasteiger partial charge in [0.1, 0.15) is 5.66 Å². The van der Waals surface area contributed by atoms with E-state index in [2.05, 4.69) is 53.4 Å². The van der Waals surface area contributed by atoms with Gasteiger partial charge in [-0.1, -0.05) is 64.4 Å². The SMILES string of the molecule is CCCC1(CC(C)(C)C)N=C(c2cccc(-c3ccnc(F)c3)c2)C2(OC)C(c3ccc(C(=O)NCCNOO)cc3)N12. The molecule has 0 spiro atoms. The van der Waals surface area contributed by atoms with Crippen molar-refractivity contribution in [3.8, 4) is 11.1 Å². The zero-order valence-electron chi connectivity index (χ0n) is 25.4. The number of fused-ring (bicyclic) bond motifs is 1. The minimum atomic E-state index is -0.789. The highest BCUT2D eigenvalue weighted by Gasteiger charge is 2.77. The molecule has 5 rings (SSSR count). The van der Waals surface area contributed by atoms with Gasteiger partial charge < -0.3 is 10.1 Å². The van der Waals surface area contributed by atoms with Crippen molar-refractivity contribution in [1.29, 1.82) is 0 Å². The van der Waals surface area contributed by atoms with Gasteiger partial charge in [0.25, 0.3) is 5.91 Å². The topological polar surface area (TPSA) is 108 Å². The minimum Gasteiger partial charge on any atom is -0.356 e. The molecule has 228 valence electrons. The lowest BCUT2D eigenvalue weighted by Crippen LogP contribution is -2.39. The van der Waals surface area contributed by atoms with E-state index in [1.807, 2.05) is 48.5 Å². The second-order valence-corrected chi connectivity index (χ2v) is 12.4. The molecule has 0 bridgehead atoms. The maximum atomic E-state index is 14.0. The summed E-state index contributed by atoms with van der Waals surface area (Å²) in [4.78, 5) is 28.1. The van der Waals surface area contributed by atoms with Gasteiger partial charge in [-0.2, -0.15) is 9.87 Å². The average molecular weight is 590 g/mol. The third-order valence-electron chi connectivity index (χ3n) is 8.06. The summed E-state index contributed by atoms with van der Waals surface area (Å²) in [6.07, 6.45) is 4.11. The number of nitrogens with zero attached hydrogens (tertiary/aromatic N) is 3. The van der Waals surface area contributed by atoms with Crippen LogP contribution >= 0.6 is 0 Å². The maximum absolute atomic E-state index is 14.0. The predicted molar refractivity (Wildman–Crippen MR) is 163 cm³/mol. The Balaban J connectivity index is 1.54. The molecule has 0 aliphatic carbocycles. The van der Waals surface area contributed by atoms with E-state index in [0.29, 0.717) is 12.1 Å². The number of methoxy groups -OCH3 is 1. The molecule has 1 aromatic heterocycles. The van der Waals surface area contributed by atoms with Crippen molar-refractivity contribution >= 4 is 11.6 Å². The molecule has 1 fully saturated rings. The highest BCUT2D eigenvalue weighted by Crippen LogP contribution is 2.66. The number of ether oxygens (including phenoxy) is 1. The summed E-state index contributed by atoms with van der Waals surface area (Å²) >= 11 is 0. The molecule has 0 saturated carbocycles. The summed E-state index contributed by atoms with van der Waals surface area (Å²) in [5.74, 6) is -0.744. The van der Waals surface area contributed by atoms with Crippen LogP contribution in [0.15, 0.2) is 71.9 Å². The summed E-state index contributed by atoms with van der Waals surface area (Å²) in [6, 6.07) is 18.7. The van der Waals surface area contributed by atoms with Gasteiger partial charge in [-0.05, 0) is 59.2 Å². The second kappa shape index (κ2) is 12.2. The van der Waals surface area contributed by atoms with E-state index in [1.165, 1.54) is 12.3 Å². The Hall–Kier alpha value is -3.54. The van der Waals surface area contributed by atoms with Crippen LogP contribution in [0.5, 0.6) is 0 Å². The van der Waals surface area contributed by atoms with Crippen LogP contribution in [0, 0.1) is 11.4 Å². The number of hydrogen-bond acceptors (Lipinski definition) is 8. The number of amides is 1. The Bertz CT molecular complexity index is 1490. The van der Waals surface area contributed by atoms with E-state index in [4.69, 9.17) is 15.0 Å². The van der Waals surface area contributed by atoms with Gasteiger partial charge in [0.2, 0.25) is 5.95 Å². The van der Waals surface area contributed by atoms with Crippen LogP contribution in [0.1, 0.15) is 74.5 Å². The fourth-order valence-corrected chi connectivity index (χ4v) is 6.62. The molecule has 0 radical (unpaired) electrons. The smallest absolute Gasteiger partial charge is 0.251 e. The van der Waals surface area contributed by atoms with Gasteiger partial charge in [-0.15, -0.1) is 4.99 Å². The van der Waals surface area contributed by atoms with Crippen molar-refractivity contribution in [2.45, 2.75) is 64.4 Å². The monoisotopic (exact) mass is 589 g/mol. The summed E-state index contributed by atoms with van der Waals surface area (Å²) in [5.41, 5.74) is 5.95. The van der Waals surface area contributed by atoms with Gasteiger partial charge in [0.15, 0.2) is 5.72 Å². The van der Waals surface area contributed by atoms with Crippen molar-refractivity contribution in [2.24, 2.45) is 10.4 Å². The van der Waals surface area contributed by atoms with E-state index in [9.17, 15) is 9.18 Å². The highest BCUT2D eigenvalue weighted by molar-refractivity contribution is 6.11. The third-order valence-corrected chi connectivity index (χ3v) is 8.06. The number of nitrogens with one attached hydrogen (secondary N) is 2. The summed E-state index contributed by atoms with van der Waals surface area (Å²) < 4.78 is 20.4. The van der Waals surface area contributed by atoms with E-state index in [0.717, 1.165) is 47.2 Å². The van der Waals surface area contributed by atoms with Crippen molar-refractivity contribution in [3.05, 3.63) is 89.5 Å². The number of hydroxylamine groups is 1. The van der Waals surface area contributed by atoms with Gasteiger partial charge in [0, 0.05) is 43.6 Å². The summed E-state index contributed by atoms with van der Waals surface area (Å²) in [5, 5.41) is 11.2. The Morgan fingerprint density at radius 1 is 1.07 bits per heavy atom. The fraction of sp³-hybridized carbons (Fsp3) is 0.424. The average Bonchev–Trinajstić information content (AvgIpc) is 3.60. The van der Waals surface area contributed by atoms with Crippen molar-refractivity contribution < 1.29 is 24.2 Å². The van der Waals surface area contributed by atoms with Gasteiger partial charge >= 0.3 is 0 Å². The number of aromatic nitrogens is 1. The Labute approximate surface area is 252 Å². The molecule has 4 atom stereocenters. The van der Waals surface area contributed by atoms with E-state index >= 15 is 0 Å². The maximum Gasteiger partial charge on any atom is 0.251 e. The third kappa shape index (κ3) is 5.98. The van der Waals surface area contributed by atoms with Crippen LogP contribution in [0.25, 0.3) is 11.1 Å². The number of hydrogen-bond donors (Lipinski definition) is 3. The van der Waals surface area contributed by atoms with Crippen molar-refractivity contribution in [3.63, 3.8) is 0 Å². The number of pyridine rings is 1. The van der Waals surface area contributed by atoms with Gasteiger partial charge in [-0.3, -0.25) is 9.79 Å². The van der Waals surface area contributed by atoms with Crippen molar-refractivity contribution in [2.75, 3.05) is 20.2 Å². The normalized spacial score (nSPS) is 24.4. The van der Waals surface area contributed by atoms with Crippen LogP contribution in [-0.4, -0.2) is 58.3 Å². The van der Waals surface area contributed by atoms with E-state index in [-0.39, 0.29) is 23.9 Å². The van der Waals surface area contributed by atoms with Crippen LogP contribution < -0.4 is 10.8 Å². The van der Waals surface area contributed by atoms with E-state index < -0.39 is 17.3 Å². The number of halogens is 1. The Morgan fingerprint density at radius 3 is 2.44 bits per heavy atom. The molecule has 3 heterocycles. The standard InChI is InChI=1S/C33H40FN5O4/c1-6-15-32(21-31(2,3)4)38-28(26-9-7-8-24(19-26)25-14-16-35-27(34)20-25)33(42-5)29(39(32)33)22-10-12-23(13-11-22)30(40)36-17-18-37-43-41/h7-14,16,19-20,29,37,41H,6,15,17-18,21H2,1-5H3,(H,36,40). The van der Waals surface area contributed by atoms with E-state index in [1.54, 1.807) is 13.2 Å². The molecule has 9 nitrogen and oxygen atoms in total. The van der Waals surface area contributed by atoms with Gasteiger partial charge in [0.05, 0.1) is 11.8 Å². The van der Waals surface area contributed by atoms with Gasteiger partial charge in [-0.25, -0.2) is 15.1 Å². The molecule has 10 heteroatoms. The molecule has 2 aliphatic heterocycles. The Morgan fingerprint density at radius 2 is 1.79 bits per heavy atom. The van der Waals surface area contributed by atoms with Crippen molar-refractivity contribution in [1.82, 2.24) is 20.7 Å².